The van der Waals surface area contributed by atoms with Crippen molar-refractivity contribution < 1.29 is 18.4 Å². The third-order valence-electron chi connectivity index (χ3n) is 2.11. The topological polar surface area (TPSA) is 110 Å². The molecule has 1 aromatic rings. The van der Waals surface area contributed by atoms with Crippen LogP contribution >= 0.6 is 0 Å². The number of non-ortho nitro benzene ring substituents is 1. The Labute approximate surface area is 104 Å². The zero-order valence-corrected chi connectivity index (χ0v) is 10.1. The van der Waals surface area contributed by atoms with E-state index in [0.717, 1.165) is 24.3 Å². The molecule has 1 rings (SSSR count). The van der Waals surface area contributed by atoms with Crippen LogP contribution in [-0.4, -0.2) is 31.1 Å². The summed E-state index contributed by atoms with van der Waals surface area (Å²) >= 11 is 0. The van der Waals surface area contributed by atoms with Crippen LogP contribution in [-0.2, 0) is 10.0 Å². The van der Waals surface area contributed by atoms with Crippen molar-refractivity contribution in [3.8, 4) is 0 Å². The third kappa shape index (κ3) is 3.62. The zero-order valence-electron chi connectivity index (χ0n) is 9.31. The molecule has 0 unspecified atom stereocenters. The molecule has 0 heterocycles. The summed E-state index contributed by atoms with van der Waals surface area (Å²) in [5.74, 6) is 0. The van der Waals surface area contributed by atoms with Crippen molar-refractivity contribution in [3.05, 3.63) is 47.0 Å². The molecule has 0 fully saturated rings. The Morgan fingerprint density at radius 2 is 2.00 bits per heavy atom. The lowest BCUT2D eigenvalue weighted by atomic mass is 10.3. The first-order valence-electron chi connectivity index (χ1n) is 4.91. The fourth-order valence-corrected chi connectivity index (χ4v) is 2.16. The van der Waals surface area contributed by atoms with Crippen molar-refractivity contribution in [3.63, 3.8) is 0 Å². The van der Waals surface area contributed by atoms with Crippen LogP contribution in [0, 0.1) is 10.1 Å². The number of sulfonamides is 1. The Kier molecular flexibility index (Phi) is 4.54. The average Bonchev–Trinajstić information content (AvgIpc) is 2.36. The summed E-state index contributed by atoms with van der Waals surface area (Å²) in [5, 5.41) is 19.6. The van der Waals surface area contributed by atoms with Crippen molar-refractivity contribution in [2.75, 3.05) is 6.54 Å². The van der Waals surface area contributed by atoms with Gasteiger partial charge in [-0.1, -0.05) is 6.08 Å². The van der Waals surface area contributed by atoms with Crippen molar-refractivity contribution in [1.82, 2.24) is 4.72 Å². The standard InChI is InChI=1S/C10H12N2O5S/c1-2-9(13)7-11-18(16,17)10-5-3-8(4-6-10)12(14)15/h2-6,9,11,13H,1,7H2/t9-/m0/s1. The second-order valence-electron chi connectivity index (χ2n) is 3.41. The highest BCUT2D eigenvalue weighted by atomic mass is 32.2. The monoisotopic (exact) mass is 272 g/mol. The van der Waals surface area contributed by atoms with Crippen LogP contribution in [0.5, 0.6) is 0 Å². The summed E-state index contributed by atoms with van der Waals surface area (Å²) in [5.41, 5.74) is -0.194. The highest BCUT2D eigenvalue weighted by Crippen LogP contribution is 2.15. The van der Waals surface area contributed by atoms with E-state index in [2.05, 4.69) is 11.3 Å². The van der Waals surface area contributed by atoms with Crippen LogP contribution in [0.4, 0.5) is 5.69 Å². The lowest BCUT2D eigenvalue weighted by Gasteiger charge is -2.08. The van der Waals surface area contributed by atoms with E-state index in [-0.39, 0.29) is 17.1 Å². The minimum absolute atomic E-state index is 0.107. The van der Waals surface area contributed by atoms with E-state index in [1.54, 1.807) is 0 Å². The third-order valence-corrected chi connectivity index (χ3v) is 3.55. The van der Waals surface area contributed by atoms with Crippen LogP contribution in [0.1, 0.15) is 0 Å². The number of rotatable bonds is 6. The van der Waals surface area contributed by atoms with Crippen molar-refractivity contribution in [2.24, 2.45) is 0 Å². The summed E-state index contributed by atoms with van der Waals surface area (Å²) in [7, 11) is -3.79. The summed E-state index contributed by atoms with van der Waals surface area (Å²) in [6.07, 6.45) is 0.205. The number of hydrogen-bond acceptors (Lipinski definition) is 5. The van der Waals surface area contributed by atoms with Crippen molar-refractivity contribution >= 4 is 15.7 Å². The van der Waals surface area contributed by atoms with Gasteiger partial charge in [0.15, 0.2) is 0 Å². The molecule has 98 valence electrons. The predicted molar refractivity (Wildman–Crippen MR) is 64.5 cm³/mol. The number of aliphatic hydroxyl groups excluding tert-OH is 1. The van der Waals surface area contributed by atoms with E-state index in [1.807, 2.05) is 0 Å². The van der Waals surface area contributed by atoms with Gasteiger partial charge in [0.1, 0.15) is 0 Å². The first-order valence-corrected chi connectivity index (χ1v) is 6.40. The van der Waals surface area contributed by atoms with Gasteiger partial charge in [-0.05, 0) is 12.1 Å². The largest absolute Gasteiger partial charge is 0.388 e. The molecule has 1 aromatic carbocycles. The summed E-state index contributed by atoms with van der Waals surface area (Å²) in [6, 6.07) is 4.44. The maximum Gasteiger partial charge on any atom is 0.269 e. The lowest BCUT2D eigenvalue weighted by molar-refractivity contribution is -0.384. The predicted octanol–water partition coefficient (Wildman–Crippen LogP) is 0.420. The van der Waals surface area contributed by atoms with E-state index in [9.17, 15) is 18.5 Å². The number of nitrogens with one attached hydrogen (secondary N) is 1. The van der Waals surface area contributed by atoms with Gasteiger partial charge in [-0.25, -0.2) is 13.1 Å². The maximum absolute atomic E-state index is 11.7. The van der Waals surface area contributed by atoms with E-state index in [1.165, 1.54) is 6.08 Å². The minimum atomic E-state index is -3.79. The molecule has 0 aliphatic carbocycles. The van der Waals surface area contributed by atoms with Crippen LogP contribution in [0.15, 0.2) is 41.8 Å². The summed E-state index contributed by atoms with van der Waals surface area (Å²) < 4.78 is 25.6. The van der Waals surface area contributed by atoms with Gasteiger partial charge < -0.3 is 5.11 Å². The number of aliphatic hydroxyl groups is 1. The molecule has 0 saturated carbocycles. The fourth-order valence-electron chi connectivity index (χ4n) is 1.11. The zero-order chi connectivity index (χ0) is 13.8. The van der Waals surface area contributed by atoms with Gasteiger partial charge in [-0.15, -0.1) is 6.58 Å². The van der Waals surface area contributed by atoms with Crippen LogP contribution in [0.25, 0.3) is 0 Å². The molecule has 0 spiro atoms. The fraction of sp³-hybridized carbons (Fsp3) is 0.200. The maximum atomic E-state index is 11.7. The quantitative estimate of drug-likeness (QED) is 0.443. The molecular weight excluding hydrogens is 260 g/mol. The van der Waals surface area contributed by atoms with Gasteiger partial charge in [0.2, 0.25) is 10.0 Å². The van der Waals surface area contributed by atoms with Crippen molar-refractivity contribution in [2.45, 2.75) is 11.0 Å². The molecule has 2 N–H and O–H groups in total. The summed E-state index contributed by atoms with van der Waals surface area (Å²) in [6.45, 7) is 3.10. The second-order valence-corrected chi connectivity index (χ2v) is 5.17. The number of hydrogen-bond donors (Lipinski definition) is 2. The number of nitrogens with zero attached hydrogens (tertiary/aromatic N) is 1. The van der Waals surface area contributed by atoms with Gasteiger partial charge in [0, 0.05) is 18.7 Å². The van der Waals surface area contributed by atoms with E-state index >= 15 is 0 Å². The van der Waals surface area contributed by atoms with Gasteiger partial charge >= 0.3 is 0 Å². The molecule has 8 heteroatoms. The van der Waals surface area contributed by atoms with Crippen LogP contribution in [0.2, 0.25) is 0 Å². The molecule has 0 saturated heterocycles. The van der Waals surface area contributed by atoms with Gasteiger partial charge in [-0.2, -0.15) is 0 Å². The molecular formula is C10H12N2O5S. The Balaban J connectivity index is 2.85. The van der Waals surface area contributed by atoms with Gasteiger partial charge in [-0.3, -0.25) is 10.1 Å². The molecule has 0 aliphatic heterocycles. The SMILES string of the molecule is C=C[C@H](O)CNS(=O)(=O)c1ccc([N+](=O)[O-])cc1. The van der Waals surface area contributed by atoms with E-state index in [4.69, 9.17) is 5.11 Å². The van der Waals surface area contributed by atoms with Crippen LogP contribution < -0.4 is 4.72 Å². The number of nitro groups is 1. The van der Waals surface area contributed by atoms with E-state index < -0.39 is 21.1 Å². The smallest absolute Gasteiger partial charge is 0.269 e. The second kappa shape index (κ2) is 5.71. The van der Waals surface area contributed by atoms with Gasteiger partial charge in [0.05, 0.1) is 15.9 Å². The molecule has 0 bridgehead atoms. The first-order chi connectivity index (χ1) is 8.36. The van der Waals surface area contributed by atoms with E-state index in [0.29, 0.717) is 0 Å². The average molecular weight is 272 g/mol. The molecule has 0 radical (unpaired) electrons. The van der Waals surface area contributed by atoms with Gasteiger partial charge in [0.25, 0.3) is 5.69 Å². The highest BCUT2D eigenvalue weighted by Gasteiger charge is 2.16. The molecule has 0 aliphatic rings. The number of nitro benzene ring substituents is 1. The molecule has 7 nitrogen and oxygen atoms in total. The van der Waals surface area contributed by atoms with Crippen molar-refractivity contribution in [1.29, 1.82) is 0 Å². The molecule has 1 atom stereocenters. The molecule has 0 aromatic heterocycles. The Bertz CT molecular complexity index is 538. The molecule has 18 heavy (non-hydrogen) atoms. The normalized spacial score (nSPS) is 12.9. The Morgan fingerprint density at radius 1 is 1.44 bits per heavy atom. The lowest BCUT2D eigenvalue weighted by Crippen LogP contribution is -2.31. The van der Waals surface area contributed by atoms with Crippen LogP contribution in [0.3, 0.4) is 0 Å². The minimum Gasteiger partial charge on any atom is -0.388 e. The first kappa shape index (κ1) is 14.3. The molecule has 0 amide bonds. The summed E-state index contributed by atoms with van der Waals surface area (Å²) in [4.78, 5) is 9.69. The Morgan fingerprint density at radius 3 is 2.44 bits per heavy atom. The number of benzene rings is 1. The highest BCUT2D eigenvalue weighted by molar-refractivity contribution is 7.89. The Hall–Kier alpha value is -1.77.